The van der Waals surface area contributed by atoms with Gasteiger partial charge in [0.15, 0.2) is 0 Å². The maximum Gasteiger partial charge on any atom is 0.316 e. The van der Waals surface area contributed by atoms with Gasteiger partial charge >= 0.3 is 11.8 Å². The lowest BCUT2D eigenvalue weighted by atomic mass is 10.1. The molecule has 0 bridgehead atoms. The molecule has 2 aromatic heterocycles. The summed E-state index contributed by atoms with van der Waals surface area (Å²) in [5, 5.41) is 14.9. The predicted octanol–water partition coefficient (Wildman–Crippen LogP) is 1.30. The fourth-order valence-corrected chi connectivity index (χ4v) is 2.26. The van der Waals surface area contributed by atoms with Gasteiger partial charge in [-0.05, 0) is 12.5 Å². The molecular weight excluding hydrogens is 354 g/mol. The Kier molecular flexibility index (Phi) is 5.62. The molecule has 0 unspecified atom stereocenters. The van der Waals surface area contributed by atoms with Gasteiger partial charge in [0.1, 0.15) is 12.4 Å². The van der Waals surface area contributed by atoms with Crippen LogP contribution in [0.4, 0.5) is 0 Å². The van der Waals surface area contributed by atoms with Crippen molar-refractivity contribution in [3.8, 4) is 17.1 Å². The highest BCUT2D eigenvalue weighted by atomic mass is 16.5. The highest BCUT2D eigenvalue weighted by Gasteiger charge is 2.15. The summed E-state index contributed by atoms with van der Waals surface area (Å²) in [6.07, 6.45) is 1.32. The molecule has 3 rings (SSSR count). The van der Waals surface area contributed by atoms with Crippen molar-refractivity contribution in [3.63, 3.8) is 0 Å². The molecule has 0 fully saturated rings. The van der Waals surface area contributed by atoms with Crippen molar-refractivity contribution in [2.45, 2.75) is 13.5 Å². The third kappa shape index (κ3) is 4.39. The molecule has 2 N–H and O–H groups in total. The molecule has 0 aliphatic heterocycles. The molecule has 0 spiro atoms. The number of carbonyl (C=O) groups excluding carboxylic acids is 1. The van der Waals surface area contributed by atoms with Crippen LogP contribution in [-0.4, -0.2) is 34.3 Å². The lowest BCUT2D eigenvalue weighted by Gasteiger charge is -2.07. The molecule has 0 aliphatic rings. The van der Waals surface area contributed by atoms with Crippen LogP contribution in [0.5, 0.6) is 5.75 Å². The number of aryl methyl sites for hydroxylation is 1. The van der Waals surface area contributed by atoms with Gasteiger partial charge in [-0.15, -0.1) is 0 Å². The Morgan fingerprint density at radius 2 is 2.04 bits per heavy atom. The maximum absolute atomic E-state index is 11.8. The predicted molar refractivity (Wildman–Crippen MR) is 93.2 cm³/mol. The Balaban J connectivity index is 1.66. The average molecular weight is 371 g/mol. The van der Waals surface area contributed by atoms with Gasteiger partial charge in [0, 0.05) is 18.2 Å². The number of amides is 1. The van der Waals surface area contributed by atoms with Crippen LogP contribution in [-0.2, 0) is 6.61 Å². The molecule has 1 amide bonds. The van der Waals surface area contributed by atoms with Gasteiger partial charge in [0.2, 0.25) is 17.0 Å². The molecule has 0 atom stereocenters. The second kappa shape index (κ2) is 8.28. The summed E-state index contributed by atoms with van der Waals surface area (Å²) in [5.74, 6) is 0.120. The van der Waals surface area contributed by atoms with E-state index >= 15 is 0 Å². The van der Waals surface area contributed by atoms with Crippen molar-refractivity contribution < 1.29 is 23.6 Å². The zero-order chi connectivity index (χ0) is 19.2. The highest BCUT2D eigenvalue weighted by molar-refractivity contribution is 5.89. The first kappa shape index (κ1) is 18.3. The summed E-state index contributed by atoms with van der Waals surface area (Å²) in [6, 6.07) is 8.38. The number of carbonyl (C=O) groups is 1. The lowest BCUT2D eigenvalue weighted by molar-refractivity contribution is 0.0901. The Morgan fingerprint density at radius 3 is 2.74 bits per heavy atom. The summed E-state index contributed by atoms with van der Waals surface area (Å²) < 4.78 is 15.6. The molecule has 0 radical (unpaired) electrons. The Hall–Kier alpha value is -3.46. The monoisotopic (exact) mass is 371 g/mol. The SMILES string of the molecule is Cc1occc(=O)c1OCc1ccc(-c2noc(C(=O)NCCO)n2)cc1. The molecule has 9 heteroatoms. The normalized spacial score (nSPS) is 10.6. The van der Waals surface area contributed by atoms with Crippen molar-refractivity contribution in [3.05, 3.63) is 64.0 Å². The van der Waals surface area contributed by atoms with Crippen molar-refractivity contribution >= 4 is 5.91 Å². The van der Waals surface area contributed by atoms with Gasteiger partial charge in [-0.25, -0.2) is 0 Å². The Labute approximate surface area is 153 Å². The zero-order valence-electron chi connectivity index (χ0n) is 14.5. The first-order chi connectivity index (χ1) is 13.1. The minimum absolute atomic E-state index is 0.102. The molecule has 2 heterocycles. The summed E-state index contributed by atoms with van der Waals surface area (Å²) in [4.78, 5) is 27.5. The number of hydrogen-bond donors (Lipinski definition) is 2. The molecule has 140 valence electrons. The minimum Gasteiger partial charge on any atom is -0.482 e. The van der Waals surface area contributed by atoms with Crippen LogP contribution in [0, 0.1) is 6.92 Å². The van der Waals surface area contributed by atoms with E-state index in [9.17, 15) is 9.59 Å². The molecule has 27 heavy (non-hydrogen) atoms. The fourth-order valence-electron chi connectivity index (χ4n) is 2.26. The standard InChI is InChI=1S/C18H17N3O6/c1-11-15(14(23)6-9-25-11)26-10-12-2-4-13(5-3-12)16-20-18(27-21-16)17(24)19-7-8-22/h2-6,9,22H,7-8,10H2,1H3,(H,19,24). The summed E-state index contributed by atoms with van der Waals surface area (Å²) >= 11 is 0. The smallest absolute Gasteiger partial charge is 0.316 e. The van der Waals surface area contributed by atoms with E-state index in [2.05, 4.69) is 15.5 Å². The largest absolute Gasteiger partial charge is 0.482 e. The van der Waals surface area contributed by atoms with Crippen LogP contribution < -0.4 is 15.5 Å². The fraction of sp³-hybridized carbons (Fsp3) is 0.222. The number of aliphatic hydroxyl groups is 1. The van der Waals surface area contributed by atoms with Crippen LogP contribution in [0.15, 0.2) is 50.3 Å². The number of benzene rings is 1. The van der Waals surface area contributed by atoms with E-state index in [0.717, 1.165) is 5.56 Å². The van der Waals surface area contributed by atoms with Gasteiger partial charge in [0.25, 0.3) is 0 Å². The number of nitrogens with zero attached hydrogens (tertiary/aromatic N) is 2. The van der Waals surface area contributed by atoms with Gasteiger partial charge in [-0.1, -0.05) is 29.4 Å². The quantitative estimate of drug-likeness (QED) is 0.636. The Morgan fingerprint density at radius 1 is 1.26 bits per heavy atom. The first-order valence-corrected chi connectivity index (χ1v) is 8.12. The van der Waals surface area contributed by atoms with Crippen LogP contribution >= 0.6 is 0 Å². The maximum atomic E-state index is 11.8. The molecular formula is C18H17N3O6. The number of aliphatic hydroxyl groups excluding tert-OH is 1. The van der Waals surface area contributed by atoms with E-state index in [0.29, 0.717) is 11.3 Å². The summed E-state index contributed by atoms with van der Waals surface area (Å²) in [6.45, 7) is 1.77. The molecule has 1 aromatic carbocycles. The van der Waals surface area contributed by atoms with E-state index in [1.807, 2.05) is 0 Å². The number of nitrogens with one attached hydrogen (secondary N) is 1. The molecule has 0 saturated heterocycles. The highest BCUT2D eigenvalue weighted by Crippen LogP contribution is 2.18. The number of rotatable bonds is 7. The van der Waals surface area contributed by atoms with E-state index in [-0.39, 0.29) is 42.7 Å². The zero-order valence-corrected chi connectivity index (χ0v) is 14.5. The van der Waals surface area contributed by atoms with E-state index < -0.39 is 5.91 Å². The van der Waals surface area contributed by atoms with Gasteiger partial charge in [-0.2, -0.15) is 4.98 Å². The second-order valence-corrected chi connectivity index (χ2v) is 5.56. The van der Waals surface area contributed by atoms with Crippen molar-refractivity contribution in [2.75, 3.05) is 13.2 Å². The number of ether oxygens (including phenoxy) is 1. The third-order valence-electron chi connectivity index (χ3n) is 3.62. The number of hydrogen-bond acceptors (Lipinski definition) is 8. The van der Waals surface area contributed by atoms with Crippen LogP contribution in [0.1, 0.15) is 22.0 Å². The van der Waals surface area contributed by atoms with Crippen LogP contribution in [0.3, 0.4) is 0 Å². The van der Waals surface area contributed by atoms with Crippen LogP contribution in [0.25, 0.3) is 11.4 Å². The van der Waals surface area contributed by atoms with E-state index in [1.54, 1.807) is 31.2 Å². The topological polar surface area (TPSA) is 128 Å². The lowest BCUT2D eigenvalue weighted by Crippen LogP contribution is -2.26. The average Bonchev–Trinajstić information content (AvgIpc) is 3.16. The van der Waals surface area contributed by atoms with Crippen molar-refractivity contribution in [1.29, 1.82) is 0 Å². The minimum atomic E-state index is -0.551. The Bertz CT molecular complexity index is 977. The molecule has 3 aromatic rings. The van der Waals surface area contributed by atoms with Crippen molar-refractivity contribution in [1.82, 2.24) is 15.5 Å². The second-order valence-electron chi connectivity index (χ2n) is 5.56. The van der Waals surface area contributed by atoms with Crippen molar-refractivity contribution in [2.24, 2.45) is 0 Å². The van der Waals surface area contributed by atoms with E-state index in [4.69, 9.17) is 18.8 Å². The van der Waals surface area contributed by atoms with Gasteiger partial charge < -0.3 is 24.1 Å². The van der Waals surface area contributed by atoms with Gasteiger partial charge in [0.05, 0.1) is 12.9 Å². The summed E-state index contributed by atoms with van der Waals surface area (Å²) in [7, 11) is 0. The number of aromatic nitrogens is 2. The summed E-state index contributed by atoms with van der Waals surface area (Å²) in [5.41, 5.74) is 1.24. The molecule has 9 nitrogen and oxygen atoms in total. The third-order valence-corrected chi connectivity index (χ3v) is 3.62. The van der Waals surface area contributed by atoms with Crippen LogP contribution in [0.2, 0.25) is 0 Å². The molecule has 0 saturated carbocycles. The van der Waals surface area contributed by atoms with Gasteiger partial charge in [-0.3, -0.25) is 9.59 Å². The first-order valence-electron chi connectivity index (χ1n) is 8.12. The molecule has 0 aliphatic carbocycles. The van der Waals surface area contributed by atoms with E-state index in [1.165, 1.54) is 12.3 Å².